The molecule has 43 heavy (non-hydrogen) atoms. The Labute approximate surface area is 258 Å². The molecule has 0 bridgehead atoms. The number of halogens is 1. The Morgan fingerprint density at radius 3 is 2.81 bits per heavy atom. The van der Waals surface area contributed by atoms with Gasteiger partial charge in [0.05, 0.1) is 23.7 Å². The van der Waals surface area contributed by atoms with Crippen LogP contribution in [-0.4, -0.2) is 66.6 Å². The molecule has 1 fully saturated rings. The Hall–Kier alpha value is -2.98. The first kappa shape index (κ1) is 31.4. The Morgan fingerprint density at radius 1 is 1.28 bits per heavy atom. The molecule has 15 heteroatoms. The lowest BCUT2D eigenvalue weighted by Crippen LogP contribution is -2.44. The summed E-state index contributed by atoms with van der Waals surface area (Å²) in [6.45, 7) is 3.80. The molecule has 5 N–H and O–H groups in total. The molecule has 0 saturated heterocycles. The molecule has 5 rings (SSSR count). The summed E-state index contributed by atoms with van der Waals surface area (Å²) in [6.07, 6.45) is 4.09. The molecule has 2 aromatic heterocycles. The monoisotopic (exact) mass is 649 g/mol. The number of aryl methyl sites for hydroxylation is 1. The van der Waals surface area contributed by atoms with Crippen molar-refractivity contribution in [3.05, 3.63) is 73.8 Å². The number of rotatable bonds is 11. The molecule has 1 saturated carbocycles. The standard InChI is InChI=1S/C28H32ClN5O7S2/c1-14(28(36)37)33-23-9-19(7-17(23)12-41-43(30,38)39)34-27-22(11-31-13-32-27)25(35)24-10-20(15(2)42-24)26-21-8-18(29)4-3-16(21)5-6-40-26/h3-4,8,10-11,13-14,17,19,23,26,33H,5-7,9,12H2,1-2H3,(H,36,37)(H2,30,38,39)(H,31,32,34)/t14-,17?,19+,23?,26-/m0/s1. The zero-order chi connectivity index (χ0) is 30.9. The van der Waals surface area contributed by atoms with Crippen molar-refractivity contribution in [2.75, 3.05) is 18.5 Å². The van der Waals surface area contributed by atoms with Crippen LogP contribution in [0.5, 0.6) is 0 Å². The molecular weight excluding hydrogens is 618 g/mol. The summed E-state index contributed by atoms with van der Waals surface area (Å²) >= 11 is 7.65. The molecule has 0 amide bonds. The fourth-order valence-corrected chi connectivity index (χ4v) is 7.23. The third-order valence-corrected chi connectivity index (χ3v) is 9.55. The van der Waals surface area contributed by atoms with Crippen LogP contribution in [0.4, 0.5) is 5.82 Å². The van der Waals surface area contributed by atoms with Gasteiger partial charge in [-0.25, -0.2) is 15.1 Å². The molecule has 1 aliphatic heterocycles. The zero-order valence-electron chi connectivity index (χ0n) is 23.4. The minimum absolute atomic E-state index is 0.217. The molecule has 3 aromatic rings. The first-order valence-electron chi connectivity index (χ1n) is 13.7. The fourth-order valence-electron chi connectivity index (χ4n) is 5.68. The van der Waals surface area contributed by atoms with E-state index >= 15 is 0 Å². The predicted molar refractivity (Wildman–Crippen MR) is 161 cm³/mol. The average molecular weight is 650 g/mol. The molecule has 0 radical (unpaired) electrons. The second-order valence-corrected chi connectivity index (χ2v) is 13.7. The fraction of sp³-hybridized carbons (Fsp3) is 0.429. The normalized spacial score (nSPS) is 22.6. The van der Waals surface area contributed by atoms with Gasteiger partial charge in [-0.2, -0.15) is 8.42 Å². The lowest BCUT2D eigenvalue weighted by molar-refractivity contribution is -0.139. The highest BCUT2D eigenvalue weighted by Crippen LogP contribution is 2.39. The maximum Gasteiger partial charge on any atom is 0.333 e. The third-order valence-electron chi connectivity index (χ3n) is 7.78. The van der Waals surface area contributed by atoms with E-state index in [2.05, 4.69) is 20.6 Å². The van der Waals surface area contributed by atoms with E-state index in [1.165, 1.54) is 30.8 Å². The van der Waals surface area contributed by atoms with Gasteiger partial charge in [0.2, 0.25) is 5.78 Å². The minimum atomic E-state index is -4.18. The number of nitrogens with one attached hydrogen (secondary N) is 2. The van der Waals surface area contributed by atoms with E-state index in [1.54, 1.807) is 0 Å². The smallest absolute Gasteiger partial charge is 0.333 e. The summed E-state index contributed by atoms with van der Waals surface area (Å²) < 4.78 is 33.8. The van der Waals surface area contributed by atoms with Crippen molar-refractivity contribution in [2.45, 2.75) is 57.3 Å². The summed E-state index contributed by atoms with van der Waals surface area (Å²) in [5, 5.41) is 21.3. The van der Waals surface area contributed by atoms with Crippen LogP contribution in [0.15, 0.2) is 36.8 Å². The first-order valence-corrected chi connectivity index (χ1v) is 16.3. The van der Waals surface area contributed by atoms with E-state index in [9.17, 15) is 23.1 Å². The highest BCUT2D eigenvalue weighted by atomic mass is 35.5. The van der Waals surface area contributed by atoms with Gasteiger partial charge in [0.1, 0.15) is 24.3 Å². The quantitative estimate of drug-likeness (QED) is 0.224. The molecule has 3 heterocycles. The molecule has 5 atom stereocenters. The van der Waals surface area contributed by atoms with Gasteiger partial charge in [-0.3, -0.25) is 13.8 Å². The van der Waals surface area contributed by atoms with Crippen molar-refractivity contribution >= 4 is 50.8 Å². The highest BCUT2D eigenvalue weighted by molar-refractivity contribution is 7.84. The van der Waals surface area contributed by atoms with Gasteiger partial charge in [0, 0.05) is 34.1 Å². The summed E-state index contributed by atoms with van der Waals surface area (Å²) in [5.41, 5.74) is 3.33. The van der Waals surface area contributed by atoms with Crippen LogP contribution in [0.25, 0.3) is 0 Å². The van der Waals surface area contributed by atoms with Crippen LogP contribution >= 0.6 is 22.9 Å². The number of nitrogens with zero attached hydrogens (tertiary/aromatic N) is 2. The van der Waals surface area contributed by atoms with Gasteiger partial charge in [0.25, 0.3) is 0 Å². The molecule has 1 aromatic carbocycles. The second kappa shape index (κ2) is 12.9. The van der Waals surface area contributed by atoms with Crippen molar-refractivity contribution in [1.29, 1.82) is 0 Å². The summed E-state index contributed by atoms with van der Waals surface area (Å²) in [4.78, 5) is 35.1. The van der Waals surface area contributed by atoms with Gasteiger partial charge in [-0.05, 0) is 68.0 Å². The number of carboxylic acids is 1. The van der Waals surface area contributed by atoms with Gasteiger partial charge >= 0.3 is 16.3 Å². The van der Waals surface area contributed by atoms with Crippen LogP contribution in [0.3, 0.4) is 0 Å². The number of hydrogen-bond acceptors (Lipinski definition) is 11. The number of hydrogen-bond donors (Lipinski definition) is 4. The number of benzene rings is 1. The van der Waals surface area contributed by atoms with E-state index in [4.69, 9.17) is 25.7 Å². The van der Waals surface area contributed by atoms with Crippen LogP contribution < -0.4 is 15.8 Å². The number of ether oxygens (including phenoxy) is 1. The van der Waals surface area contributed by atoms with E-state index in [0.29, 0.717) is 35.2 Å². The van der Waals surface area contributed by atoms with Crippen molar-refractivity contribution in [3.63, 3.8) is 0 Å². The number of aliphatic carboxylic acids is 1. The number of nitrogens with two attached hydrogens (primary N) is 1. The van der Waals surface area contributed by atoms with Crippen LogP contribution in [0.1, 0.15) is 62.7 Å². The van der Waals surface area contributed by atoms with E-state index in [1.807, 2.05) is 31.2 Å². The first-order chi connectivity index (χ1) is 20.4. The van der Waals surface area contributed by atoms with Gasteiger partial charge in [-0.15, -0.1) is 11.3 Å². The number of fused-ring (bicyclic) bond motifs is 1. The Morgan fingerprint density at radius 2 is 2.07 bits per heavy atom. The molecule has 12 nitrogen and oxygen atoms in total. The molecule has 230 valence electrons. The van der Waals surface area contributed by atoms with Crippen LogP contribution in [0.2, 0.25) is 5.02 Å². The summed E-state index contributed by atoms with van der Waals surface area (Å²) in [6, 6.07) is 6.11. The lowest BCUT2D eigenvalue weighted by atomic mass is 9.93. The SMILES string of the molecule is Cc1sc(C(=O)c2cncnc2N[C@@H]2CC(COS(N)(=O)=O)C(N[C@@H](C)C(=O)O)C2)cc1[C@@H]1OCCc2ccc(Cl)cc21. The Kier molecular flexibility index (Phi) is 9.46. The number of thiophene rings is 1. The van der Waals surface area contributed by atoms with Crippen molar-refractivity contribution in [1.82, 2.24) is 15.3 Å². The Bertz CT molecular complexity index is 1630. The molecule has 0 spiro atoms. The maximum absolute atomic E-state index is 13.8. The number of ketones is 1. The molecule has 2 unspecified atom stereocenters. The van der Waals surface area contributed by atoms with Crippen LogP contribution in [0, 0.1) is 12.8 Å². The highest BCUT2D eigenvalue weighted by Gasteiger charge is 2.37. The maximum atomic E-state index is 13.8. The number of aromatic nitrogens is 2. The van der Waals surface area contributed by atoms with E-state index < -0.39 is 22.3 Å². The van der Waals surface area contributed by atoms with Crippen molar-refractivity contribution < 1.29 is 32.0 Å². The number of anilines is 1. The van der Waals surface area contributed by atoms with Crippen molar-refractivity contribution in [2.24, 2.45) is 11.1 Å². The van der Waals surface area contributed by atoms with Gasteiger partial charge < -0.3 is 20.5 Å². The lowest BCUT2D eigenvalue weighted by Gasteiger charge is -2.26. The van der Waals surface area contributed by atoms with Crippen molar-refractivity contribution in [3.8, 4) is 0 Å². The molecule has 1 aliphatic carbocycles. The minimum Gasteiger partial charge on any atom is -0.480 e. The van der Waals surface area contributed by atoms with Gasteiger partial charge in [-0.1, -0.05) is 17.7 Å². The van der Waals surface area contributed by atoms with E-state index in [-0.39, 0.29) is 42.1 Å². The molecular formula is C28H32ClN5O7S2. The Balaban J connectivity index is 1.36. The summed E-state index contributed by atoms with van der Waals surface area (Å²) in [5.74, 6) is -1.34. The largest absolute Gasteiger partial charge is 0.480 e. The van der Waals surface area contributed by atoms with E-state index in [0.717, 1.165) is 28.0 Å². The zero-order valence-corrected chi connectivity index (χ0v) is 25.8. The topological polar surface area (TPSA) is 183 Å². The van der Waals surface area contributed by atoms with Gasteiger partial charge in [0.15, 0.2) is 0 Å². The number of carbonyl (C=O) groups excluding carboxylic acids is 1. The molecule has 2 aliphatic rings. The second-order valence-electron chi connectivity index (χ2n) is 10.8. The number of carboxylic acid groups (broad SMARTS) is 1. The number of carbonyl (C=O) groups is 2. The average Bonchev–Trinajstić information content (AvgIpc) is 3.53. The predicted octanol–water partition coefficient (Wildman–Crippen LogP) is 3.23. The van der Waals surface area contributed by atoms with Crippen LogP contribution in [-0.2, 0) is 30.4 Å². The summed E-state index contributed by atoms with van der Waals surface area (Å²) in [7, 11) is -4.18. The third kappa shape index (κ3) is 7.40.